The summed E-state index contributed by atoms with van der Waals surface area (Å²) in [4.78, 5) is 28.9. The standard InChI is InChI=1S/C26H25N3O7S3/c1-16-13-21-22(14-20(16)18-7-9-19(10-8-18)26(31)32)37-25(29-21)23(24(30)28-11-12-39(27,35)36)38(33,34)15-17-5-3-2-4-6-17/h2-10,13-14,23H,11-12,15H2,1H3,(H,28,30)(H,31,32)(H2,27,35,36). The molecule has 0 aliphatic heterocycles. The second kappa shape index (κ2) is 11.2. The van der Waals surface area contributed by atoms with E-state index in [1.807, 2.05) is 13.0 Å². The number of carbonyl (C=O) groups is 2. The van der Waals surface area contributed by atoms with Crippen molar-refractivity contribution in [1.29, 1.82) is 0 Å². The Morgan fingerprint density at radius 1 is 1.03 bits per heavy atom. The molecule has 1 unspecified atom stereocenters. The van der Waals surface area contributed by atoms with E-state index in [1.54, 1.807) is 48.5 Å². The number of thiazole rings is 1. The molecule has 39 heavy (non-hydrogen) atoms. The number of hydrogen-bond donors (Lipinski definition) is 3. The number of aromatic nitrogens is 1. The maximum Gasteiger partial charge on any atom is 0.335 e. The molecule has 0 aliphatic carbocycles. The Morgan fingerprint density at radius 2 is 1.69 bits per heavy atom. The van der Waals surface area contributed by atoms with Crippen LogP contribution in [-0.2, 0) is 30.4 Å². The number of aromatic carboxylic acids is 1. The monoisotopic (exact) mass is 587 g/mol. The van der Waals surface area contributed by atoms with E-state index < -0.39 is 48.5 Å². The third kappa shape index (κ3) is 6.87. The molecule has 4 aromatic rings. The van der Waals surface area contributed by atoms with Gasteiger partial charge in [-0.1, -0.05) is 42.5 Å². The van der Waals surface area contributed by atoms with E-state index >= 15 is 0 Å². The van der Waals surface area contributed by atoms with Crippen molar-refractivity contribution in [3.05, 3.63) is 88.4 Å². The summed E-state index contributed by atoms with van der Waals surface area (Å²) in [5.74, 6) is -2.90. The first kappa shape index (κ1) is 28.4. The van der Waals surface area contributed by atoms with Gasteiger partial charge in [-0.3, -0.25) is 4.79 Å². The molecule has 0 saturated heterocycles. The summed E-state index contributed by atoms with van der Waals surface area (Å²) in [6.07, 6.45) is 0. The fourth-order valence-electron chi connectivity index (χ4n) is 4.04. The molecule has 4 N–H and O–H groups in total. The third-order valence-corrected chi connectivity index (χ3v) is 9.81. The van der Waals surface area contributed by atoms with Crippen molar-refractivity contribution < 1.29 is 31.5 Å². The summed E-state index contributed by atoms with van der Waals surface area (Å²) in [6.45, 7) is 1.50. The number of carboxylic acid groups (broad SMARTS) is 1. The molecule has 0 aliphatic rings. The minimum atomic E-state index is -4.13. The van der Waals surface area contributed by atoms with Crippen molar-refractivity contribution in [2.75, 3.05) is 12.3 Å². The lowest BCUT2D eigenvalue weighted by molar-refractivity contribution is -0.120. The number of fused-ring (bicyclic) bond motifs is 1. The van der Waals surface area contributed by atoms with Crippen molar-refractivity contribution in [2.45, 2.75) is 17.9 Å². The Balaban J connectivity index is 1.74. The Labute approximate surface area is 229 Å². The Hall–Kier alpha value is -3.65. The number of sulfonamides is 1. The van der Waals surface area contributed by atoms with Crippen LogP contribution in [0.1, 0.15) is 31.7 Å². The van der Waals surface area contributed by atoms with Gasteiger partial charge in [0.2, 0.25) is 15.9 Å². The number of carboxylic acids is 1. The predicted molar refractivity (Wildman–Crippen MR) is 150 cm³/mol. The first-order valence-electron chi connectivity index (χ1n) is 11.6. The molecule has 0 spiro atoms. The van der Waals surface area contributed by atoms with Crippen LogP contribution in [0.2, 0.25) is 0 Å². The molecular weight excluding hydrogens is 563 g/mol. The number of amides is 1. The average Bonchev–Trinajstić information content (AvgIpc) is 3.24. The molecule has 10 nitrogen and oxygen atoms in total. The molecule has 0 fully saturated rings. The topological polar surface area (TPSA) is 174 Å². The van der Waals surface area contributed by atoms with E-state index in [-0.39, 0.29) is 17.1 Å². The van der Waals surface area contributed by atoms with Crippen LogP contribution < -0.4 is 10.5 Å². The van der Waals surface area contributed by atoms with Gasteiger partial charge in [0, 0.05) is 6.54 Å². The number of sulfone groups is 1. The smallest absolute Gasteiger partial charge is 0.335 e. The second-order valence-corrected chi connectivity index (χ2v) is 13.8. The zero-order chi connectivity index (χ0) is 28.4. The van der Waals surface area contributed by atoms with Crippen LogP contribution in [0.15, 0.2) is 66.7 Å². The molecule has 1 heterocycles. The number of benzene rings is 3. The zero-order valence-electron chi connectivity index (χ0n) is 20.7. The van der Waals surface area contributed by atoms with E-state index in [0.717, 1.165) is 28.0 Å². The fourth-order valence-corrected chi connectivity index (χ4v) is 7.57. The van der Waals surface area contributed by atoms with Gasteiger partial charge in [0.05, 0.1) is 27.3 Å². The highest BCUT2D eigenvalue weighted by Crippen LogP contribution is 2.36. The van der Waals surface area contributed by atoms with Gasteiger partial charge in [0.1, 0.15) is 5.01 Å². The van der Waals surface area contributed by atoms with E-state index in [1.165, 1.54) is 12.1 Å². The lowest BCUT2D eigenvalue weighted by atomic mass is 9.99. The first-order chi connectivity index (χ1) is 18.3. The molecular formula is C26H25N3O7S3. The van der Waals surface area contributed by atoms with Crippen LogP contribution in [0.4, 0.5) is 0 Å². The number of aryl methyl sites for hydroxylation is 1. The highest BCUT2D eigenvalue weighted by molar-refractivity contribution is 7.91. The van der Waals surface area contributed by atoms with Crippen LogP contribution in [0.25, 0.3) is 21.3 Å². The van der Waals surface area contributed by atoms with Crippen molar-refractivity contribution in [1.82, 2.24) is 10.3 Å². The molecule has 0 bridgehead atoms. The van der Waals surface area contributed by atoms with E-state index in [4.69, 9.17) is 10.2 Å². The summed E-state index contributed by atoms with van der Waals surface area (Å²) in [6, 6.07) is 18.4. The summed E-state index contributed by atoms with van der Waals surface area (Å²) in [5.41, 5.74) is 3.53. The van der Waals surface area contributed by atoms with Gasteiger partial charge < -0.3 is 10.4 Å². The van der Waals surface area contributed by atoms with Crippen LogP contribution >= 0.6 is 11.3 Å². The largest absolute Gasteiger partial charge is 0.478 e. The maximum absolute atomic E-state index is 13.5. The van der Waals surface area contributed by atoms with Gasteiger partial charge in [-0.2, -0.15) is 0 Å². The first-order valence-corrected chi connectivity index (χ1v) is 15.9. The number of nitrogens with two attached hydrogens (primary N) is 1. The molecule has 204 valence electrons. The van der Waals surface area contributed by atoms with Gasteiger partial charge in [0.25, 0.3) is 0 Å². The van der Waals surface area contributed by atoms with E-state index in [9.17, 15) is 26.4 Å². The lowest BCUT2D eigenvalue weighted by Gasteiger charge is -2.15. The number of nitrogens with zero attached hydrogens (tertiary/aromatic N) is 1. The van der Waals surface area contributed by atoms with Gasteiger partial charge >= 0.3 is 5.97 Å². The van der Waals surface area contributed by atoms with Gasteiger partial charge in [0.15, 0.2) is 15.1 Å². The van der Waals surface area contributed by atoms with Crippen molar-refractivity contribution >= 4 is 53.3 Å². The van der Waals surface area contributed by atoms with Crippen LogP contribution in [0.3, 0.4) is 0 Å². The van der Waals surface area contributed by atoms with Crippen molar-refractivity contribution in [3.63, 3.8) is 0 Å². The SMILES string of the molecule is Cc1cc2nc(C(C(=O)NCCS(N)(=O)=O)S(=O)(=O)Cc3ccccc3)sc2cc1-c1ccc(C(=O)O)cc1. The Kier molecular flexibility index (Phi) is 8.16. The number of nitrogens with one attached hydrogen (secondary N) is 1. The van der Waals surface area contributed by atoms with Crippen LogP contribution in [0, 0.1) is 6.92 Å². The van der Waals surface area contributed by atoms with Crippen molar-refractivity contribution in [2.24, 2.45) is 5.14 Å². The Morgan fingerprint density at radius 3 is 2.31 bits per heavy atom. The number of hydrogen-bond acceptors (Lipinski definition) is 8. The number of primary sulfonamides is 1. The third-order valence-electron chi connectivity index (χ3n) is 5.91. The molecule has 3 aromatic carbocycles. The quantitative estimate of drug-likeness (QED) is 0.254. The van der Waals surface area contributed by atoms with Crippen LogP contribution in [-0.4, -0.2) is 51.1 Å². The van der Waals surface area contributed by atoms with Crippen LogP contribution in [0.5, 0.6) is 0 Å². The minimum absolute atomic E-state index is 0.0480. The molecule has 4 rings (SSSR count). The van der Waals surface area contributed by atoms with E-state index in [2.05, 4.69) is 10.3 Å². The number of rotatable bonds is 10. The zero-order valence-corrected chi connectivity index (χ0v) is 23.1. The maximum atomic E-state index is 13.5. The highest BCUT2D eigenvalue weighted by atomic mass is 32.2. The van der Waals surface area contributed by atoms with Gasteiger partial charge in [-0.25, -0.2) is 31.8 Å². The van der Waals surface area contributed by atoms with Gasteiger partial charge in [-0.15, -0.1) is 11.3 Å². The molecule has 1 aromatic heterocycles. The second-order valence-electron chi connectivity index (χ2n) is 8.90. The number of carbonyl (C=O) groups excluding carboxylic acids is 1. The summed E-state index contributed by atoms with van der Waals surface area (Å²) < 4.78 is 50.3. The summed E-state index contributed by atoms with van der Waals surface area (Å²) in [5, 5.41) is 14.9. The fraction of sp³-hybridized carbons (Fsp3) is 0.192. The van der Waals surface area contributed by atoms with E-state index in [0.29, 0.717) is 15.8 Å². The highest BCUT2D eigenvalue weighted by Gasteiger charge is 2.37. The minimum Gasteiger partial charge on any atom is -0.478 e. The normalized spacial score (nSPS) is 12.8. The molecule has 1 atom stereocenters. The van der Waals surface area contributed by atoms with Gasteiger partial charge in [-0.05, 0) is 53.4 Å². The van der Waals surface area contributed by atoms with Crippen molar-refractivity contribution in [3.8, 4) is 11.1 Å². The Bertz CT molecular complexity index is 1750. The molecule has 13 heteroatoms. The summed E-state index contributed by atoms with van der Waals surface area (Å²) in [7, 11) is -7.99. The summed E-state index contributed by atoms with van der Waals surface area (Å²) >= 11 is 1.05. The lowest BCUT2D eigenvalue weighted by Crippen LogP contribution is -2.37. The molecule has 0 saturated carbocycles. The molecule has 0 radical (unpaired) electrons. The molecule has 1 amide bonds. The average molecular weight is 588 g/mol. The predicted octanol–water partition coefficient (Wildman–Crippen LogP) is 3.03.